The molecule has 0 saturated carbocycles. The number of hydrogen-bond acceptors (Lipinski definition) is 3. The van der Waals surface area contributed by atoms with Gasteiger partial charge in [0.1, 0.15) is 10.6 Å². The van der Waals surface area contributed by atoms with Crippen molar-refractivity contribution < 1.29 is 18.1 Å². The molecular weight excluding hydrogens is 216 g/mol. The van der Waals surface area contributed by atoms with E-state index in [4.69, 9.17) is 4.55 Å². The zero-order valence-electron chi connectivity index (χ0n) is 8.85. The molecule has 0 spiro atoms. The maximum Gasteiger partial charge on any atom is 0.298 e. The predicted octanol–water partition coefficient (Wildman–Crippen LogP) is 1.94. The molecular formula is C10H14O4S. The van der Waals surface area contributed by atoms with E-state index in [1.54, 1.807) is 6.07 Å². The van der Waals surface area contributed by atoms with Crippen LogP contribution in [0.15, 0.2) is 23.1 Å². The van der Waals surface area contributed by atoms with Gasteiger partial charge in [-0.3, -0.25) is 4.55 Å². The second-order valence-corrected chi connectivity index (χ2v) is 5.80. The molecule has 0 unspecified atom stereocenters. The predicted molar refractivity (Wildman–Crippen MR) is 56.6 cm³/mol. The first-order valence-corrected chi connectivity index (χ1v) is 5.87. The fraction of sp³-hybridized carbons (Fsp3) is 0.400. The monoisotopic (exact) mass is 230 g/mol. The first-order chi connectivity index (χ1) is 6.62. The topological polar surface area (TPSA) is 74.6 Å². The third kappa shape index (κ3) is 2.70. The Labute approximate surface area is 89.3 Å². The van der Waals surface area contributed by atoms with E-state index in [2.05, 4.69) is 0 Å². The Kier molecular flexibility index (Phi) is 2.80. The quantitative estimate of drug-likeness (QED) is 0.723. The van der Waals surface area contributed by atoms with Crippen molar-refractivity contribution in [2.24, 2.45) is 0 Å². The molecule has 0 heterocycles. The summed E-state index contributed by atoms with van der Waals surface area (Å²) in [5.41, 5.74) is 0.613. The minimum absolute atomic E-state index is 0.185. The highest BCUT2D eigenvalue weighted by molar-refractivity contribution is 7.86. The van der Waals surface area contributed by atoms with Crippen LogP contribution < -0.4 is 0 Å². The van der Waals surface area contributed by atoms with Gasteiger partial charge in [-0.15, -0.1) is 0 Å². The van der Waals surface area contributed by atoms with E-state index >= 15 is 0 Å². The van der Waals surface area contributed by atoms with Crippen LogP contribution in [0.4, 0.5) is 0 Å². The maximum atomic E-state index is 10.8. The first kappa shape index (κ1) is 12.0. The SMILES string of the molecule is CC(C)(C)c1ccc(S(=O)(=O)O)c(O)c1. The molecule has 1 aromatic rings. The molecule has 0 bridgehead atoms. The molecule has 0 aromatic heterocycles. The van der Waals surface area contributed by atoms with Crippen LogP contribution in [0.3, 0.4) is 0 Å². The van der Waals surface area contributed by atoms with Gasteiger partial charge in [0.2, 0.25) is 0 Å². The fourth-order valence-electron chi connectivity index (χ4n) is 1.20. The average Bonchev–Trinajstić information content (AvgIpc) is 1.99. The summed E-state index contributed by atoms with van der Waals surface area (Å²) >= 11 is 0. The molecule has 2 N–H and O–H groups in total. The van der Waals surface area contributed by atoms with Crippen LogP contribution in [0.1, 0.15) is 26.3 Å². The second kappa shape index (κ2) is 3.50. The van der Waals surface area contributed by atoms with Crippen LogP contribution in [-0.2, 0) is 15.5 Å². The van der Waals surface area contributed by atoms with E-state index in [0.717, 1.165) is 5.56 Å². The van der Waals surface area contributed by atoms with Crippen molar-refractivity contribution >= 4 is 10.1 Å². The summed E-state index contributed by atoms with van der Waals surface area (Å²) in [6, 6.07) is 4.12. The highest BCUT2D eigenvalue weighted by Gasteiger charge is 2.19. The fourth-order valence-corrected chi connectivity index (χ4v) is 1.77. The summed E-state index contributed by atoms with van der Waals surface area (Å²) in [5.74, 6) is -0.426. The van der Waals surface area contributed by atoms with E-state index in [9.17, 15) is 13.5 Å². The van der Waals surface area contributed by atoms with E-state index in [-0.39, 0.29) is 5.41 Å². The van der Waals surface area contributed by atoms with Crippen molar-refractivity contribution in [3.8, 4) is 5.75 Å². The number of benzene rings is 1. The smallest absolute Gasteiger partial charge is 0.298 e. The van der Waals surface area contributed by atoms with Gasteiger partial charge in [-0.1, -0.05) is 26.8 Å². The zero-order chi connectivity index (χ0) is 11.9. The standard InChI is InChI=1S/C10H14O4S/c1-10(2,3)7-4-5-9(8(11)6-7)15(12,13)14/h4-6,11H,1-3H3,(H,12,13,14). The van der Waals surface area contributed by atoms with Gasteiger partial charge in [0.15, 0.2) is 0 Å². The van der Waals surface area contributed by atoms with Gasteiger partial charge in [0.25, 0.3) is 10.1 Å². The molecule has 84 valence electrons. The molecule has 0 aliphatic carbocycles. The summed E-state index contributed by atoms with van der Waals surface area (Å²) in [6.07, 6.45) is 0. The Bertz CT molecular complexity index is 469. The van der Waals surface area contributed by atoms with Crippen LogP contribution in [-0.4, -0.2) is 18.1 Å². The number of hydrogen-bond donors (Lipinski definition) is 2. The lowest BCUT2D eigenvalue weighted by molar-refractivity contribution is 0.440. The first-order valence-electron chi connectivity index (χ1n) is 4.43. The summed E-state index contributed by atoms with van der Waals surface area (Å²) in [5, 5.41) is 9.45. The third-order valence-corrected chi connectivity index (χ3v) is 3.00. The lowest BCUT2D eigenvalue weighted by Gasteiger charge is -2.19. The average molecular weight is 230 g/mol. The minimum Gasteiger partial charge on any atom is -0.506 e. The van der Waals surface area contributed by atoms with Gasteiger partial charge in [-0.05, 0) is 23.1 Å². The number of phenolic OH excluding ortho intramolecular Hbond substituents is 1. The normalized spacial score (nSPS) is 12.8. The van der Waals surface area contributed by atoms with E-state index in [1.165, 1.54) is 12.1 Å². The van der Waals surface area contributed by atoms with Gasteiger partial charge in [-0.25, -0.2) is 0 Å². The lowest BCUT2D eigenvalue weighted by atomic mass is 9.87. The Hall–Kier alpha value is -1.07. The van der Waals surface area contributed by atoms with Crippen LogP contribution in [0.25, 0.3) is 0 Å². The molecule has 1 rings (SSSR count). The van der Waals surface area contributed by atoms with E-state index < -0.39 is 20.8 Å². The Morgan fingerprint density at radius 3 is 2.07 bits per heavy atom. The lowest BCUT2D eigenvalue weighted by Crippen LogP contribution is -2.11. The van der Waals surface area contributed by atoms with Gasteiger partial charge >= 0.3 is 0 Å². The molecule has 5 heteroatoms. The van der Waals surface area contributed by atoms with E-state index in [0.29, 0.717) is 0 Å². The summed E-state index contributed by atoms with van der Waals surface area (Å²) in [6.45, 7) is 5.82. The third-order valence-electron chi connectivity index (χ3n) is 2.10. The van der Waals surface area contributed by atoms with Crippen LogP contribution in [0.2, 0.25) is 0 Å². The van der Waals surface area contributed by atoms with Crippen LogP contribution >= 0.6 is 0 Å². The largest absolute Gasteiger partial charge is 0.506 e. The molecule has 0 aliphatic heterocycles. The van der Waals surface area contributed by atoms with Crippen molar-refractivity contribution in [1.82, 2.24) is 0 Å². The van der Waals surface area contributed by atoms with Crippen LogP contribution in [0.5, 0.6) is 5.75 Å². The molecule has 0 fully saturated rings. The Balaban J connectivity index is 3.34. The second-order valence-electron chi connectivity index (χ2n) is 4.41. The van der Waals surface area contributed by atoms with E-state index in [1.807, 2.05) is 20.8 Å². The number of rotatable bonds is 1. The van der Waals surface area contributed by atoms with Crippen LogP contribution in [0, 0.1) is 0 Å². The molecule has 0 amide bonds. The highest BCUT2D eigenvalue weighted by Crippen LogP contribution is 2.29. The van der Waals surface area contributed by atoms with Gasteiger partial charge < -0.3 is 5.11 Å². The molecule has 4 nitrogen and oxygen atoms in total. The molecule has 0 radical (unpaired) electrons. The zero-order valence-corrected chi connectivity index (χ0v) is 9.67. The Morgan fingerprint density at radius 1 is 1.20 bits per heavy atom. The summed E-state index contributed by atoms with van der Waals surface area (Å²) in [4.78, 5) is -0.462. The summed E-state index contributed by atoms with van der Waals surface area (Å²) < 4.78 is 30.4. The van der Waals surface area contributed by atoms with Crippen molar-refractivity contribution in [2.45, 2.75) is 31.1 Å². The molecule has 15 heavy (non-hydrogen) atoms. The number of phenols is 1. The molecule has 0 atom stereocenters. The van der Waals surface area contributed by atoms with Crippen molar-refractivity contribution in [3.63, 3.8) is 0 Å². The summed E-state index contributed by atoms with van der Waals surface area (Å²) in [7, 11) is -4.35. The number of aromatic hydroxyl groups is 1. The van der Waals surface area contributed by atoms with Crippen molar-refractivity contribution in [2.75, 3.05) is 0 Å². The molecule has 1 aromatic carbocycles. The van der Waals surface area contributed by atoms with Gasteiger partial charge in [0.05, 0.1) is 0 Å². The highest BCUT2D eigenvalue weighted by atomic mass is 32.2. The van der Waals surface area contributed by atoms with Gasteiger partial charge in [0, 0.05) is 0 Å². The van der Waals surface area contributed by atoms with Crippen molar-refractivity contribution in [3.05, 3.63) is 23.8 Å². The molecule has 0 aliphatic rings. The minimum atomic E-state index is -4.35. The molecule has 0 saturated heterocycles. The maximum absolute atomic E-state index is 10.8. The van der Waals surface area contributed by atoms with Crippen molar-refractivity contribution in [1.29, 1.82) is 0 Å². The van der Waals surface area contributed by atoms with Gasteiger partial charge in [-0.2, -0.15) is 8.42 Å². The Morgan fingerprint density at radius 2 is 1.73 bits per heavy atom.